The lowest BCUT2D eigenvalue weighted by molar-refractivity contribution is -0.119. The smallest absolute Gasteiger partial charge is 0.339 e. The molecule has 1 aliphatic carbocycles. The Balaban J connectivity index is 1.26. The highest BCUT2D eigenvalue weighted by atomic mass is 16.7. The molecule has 0 radical (unpaired) electrons. The Morgan fingerprint density at radius 3 is 2.70 bits per heavy atom. The number of nitrogens with zero attached hydrogens (tertiary/aromatic N) is 1. The van der Waals surface area contributed by atoms with Gasteiger partial charge in [0.15, 0.2) is 18.1 Å². The molecule has 0 spiro atoms. The van der Waals surface area contributed by atoms with Crippen molar-refractivity contribution in [2.45, 2.75) is 39.0 Å². The third-order valence-electron chi connectivity index (χ3n) is 7.60. The molecule has 2 heterocycles. The van der Waals surface area contributed by atoms with Crippen LogP contribution in [0.4, 0.5) is 5.69 Å². The zero-order valence-corrected chi connectivity index (χ0v) is 22.5. The Kier molecular flexibility index (Phi) is 6.95. The summed E-state index contributed by atoms with van der Waals surface area (Å²) >= 11 is 0. The van der Waals surface area contributed by atoms with E-state index in [1.165, 1.54) is 0 Å². The molecule has 6 rings (SSSR count). The lowest BCUT2D eigenvalue weighted by atomic mass is 9.97. The summed E-state index contributed by atoms with van der Waals surface area (Å²) in [5, 5.41) is 3.64. The highest BCUT2D eigenvalue weighted by Crippen LogP contribution is 2.39. The van der Waals surface area contributed by atoms with Crippen LogP contribution in [0.3, 0.4) is 0 Å². The zero-order chi connectivity index (χ0) is 27.6. The van der Waals surface area contributed by atoms with E-state index in [-0.39, 0.29) is 19.3 Å². The molecule has 1 aliphatic heterocycles. The van der Waals surface area contributed by atoms with Gasteiger partial charge in [0, 0.05) is 11.1 Å². The summed E-state index contributed by atoms with van der Waals surface area (Å²) in [5.41, 5.74) is 6.62. The maximum absolute atomic E-state index is 13.5. The van der Waals surface area contributed by atoms with E-state index in [2.05, 4.69) is 25.2 Å². The van der Waals surface area contributed by atoms with E-state index in [9.17, 15) is 9.59 Å². The second-order valence-corrected chi connectivity index (χ2v) is 10.1. The van der Waals surface area contributed by atoms with E-state index in [4.69, 9.17) is 19.2 Å². The van der Waals surface area contributed by atoms with Gasteiger partial charge in [-0.3, -0.25) is 4.79 Å². The van der Waals surface area contributed by atoms with E-state index < -0.39 is 5.97 Å². The molecule has 7 nitrogen and oxygen atoms in total. The number of allylic oxidation sites excluding steroid dienone is 1. The zero-order valence-electron chi connectivity index (χ0n) is 22.5. The summed E-state index contributed by atoms with van der Waals surface area (Å²) in [6, 6.07) is 21.1. The van der Waals surface area contributed by atoms with Crippen LogP contribution in [0.5, 0.6) is 11.5 Å². The molecule has 7 heteroatoms. The van der Waals surface area contributed by atoms with Crippen LogP contribution in [0.15, 0.2) is 66.7 Å². The number of para-hydroxylation sites is 2. The second kappa shape index (κ2) is 10.8. The Bertz CT molecular complexity index is 1660. The summed E-state index contributed by atoms with van der Waals surface area (Å²) in [4.78, 5) is 31.2. The molecule has 0 saturated carbocycles. The van der Waals surface area contributed by atoms with Crippen LogP contribution in [0, 0.1) is 0 Å². The molecule has 1 atom stereocenters. The van der Waals surface area contributed by atoms with Crippen molar-refractivity contribution in [3.8, 4) is 11.5 Å². The molecule has 4 aromatic rings. The number of hydrogen-bond acceptors (Lipinski definition) is 6. The molecule has 1 aromatic heterocycles. The van der Waals surface area contributed by atoms with Gasteiger partial charge in [-0.1, -0.05) is 56.3 Å². The van der Waals surface area contributed by atoms with Crippen molar-refractivity contribution in [3.63, 3.8) is 0 Å². The maximum Gasteiger partial charge on any atom is 0.339 e. The summed E-state index contributed by atoms with van der Waals surface area (Å²) in [7, 11) is 0. The molecule has 40 heavy (non-hydrogen) atoms. The Morgan fingerprint density at radius 1 is 1.02 bits per heavy atom. The highest BCUT2D eigenvalue weighted by Gasteiger charge is 2.28. The van der Waals surface area contributed by atoms with Crippen molar-refractivity contribution in [1.29, 1.82) is 0 Å². The topological polar surface area (TPSA) is 86.8 Å². The van der Waals surface area contributed by atoms with Gasteiger partial charge < -0.3 is 19.5 Å². The molecular weight excluding hydrogens is 504 g/mol. The number of hydrogen-bond donors (Lipinski definition) is 1. The van der Waals surface area contributed by atoms with Gasteiger partial charge in [0.1, 0.15) is 0 Å². The summed E-state index contributed by atoms with van der Waals surface area (Å²) in [6.45, 7) is 4.08. The number of anilines is 1. The lowest BCUT2D eigenvalue weighted by Crippen LogP contribution is -2.22. The van der Waals surface area contributed by atoms with Gasteiger partial charge in [0.2, 0.25) is 6.79 Å². The predicted octanol–water partition coefficient (Wildman–Crippen LogP) is 6.76. The number of nitrogens with one attached hydrogen (secondary N) is 1. The first-order valence-electron chi connectivity index (χ1n) is 13.6. The van der Waals surface area contributed by atoms with Gasteiger partial charge in [-0.2, -0.15) is 0 Å². The third-order valence-corrected chi connectivity index (χ3v) is 7.60. The Morgan fingerprint density at radius 2 is 1.82 bits per heavy atom. The van der Waals surface area contributed by atoms with Crippen LogP contribution < -0.4 is 14.8 Å². The second-order valence-electron chi connectivity index (χ2n) is 10.1. The van der Waals surface area contributed by atoms with Crippen molar-refractivity contribution < 1.29 is 23.8 Å². The van der Waals surface area contributed by atoms with E-state index in [0.717, 1.165) is 57.6 Å². The first-order valence-corrected chi connectivity index (χ1v) is 13.6. The number of amides is 1. The summed E-state index contributed by atoms with van der Waals surface area (Å²) in [5.74, 6) is 0.848. The van der Waals surface area contributed by atoms with E-state index >= 15 is 0 Å². The molecular formula is C33H30N2O5. The molecule has 202 valence electrons. The van der Waals surface area contributed by atoms with Gasteiger partial charge >= 0.3 is 5.97 Å². The number of carbonyl (C=O) groups excluding carboxylic acids is 2. The minimum atomic E-state index is -0.524. The first-order chi connectivity index (χ1) is 19.5. The van der Waals surface area contributed by atoms with Crippen LogP contribution in [0.1, 0.15) is 65.3 Å². The molecule has 1 N–H and O–H groups in total. The van der Waals surface area contributed by atoms with Gasteiger partial charge in [-0.15, -0.1) is 0 Å². The molecule has 2 aliphatic rings. The highest BCUT2D eigenvalue weighted by molar-refractivity contribution is 6.08. The van der Waals surface area contributed by atoms with Crippen molar-refractivity contribution in [1.82, 2.24) is 4.98 Å². The fourth-order valence-electron chi connectivity index (χ4n) is 5.37. The third kappa shape index (κ3) is 4.91. The molecule has 0 fully saturated rings. The number of benzene rings is 3. The van der Waals surface area contributed by atoms with E-state index in [1.54, 1.807) is 0 Å². The number of carbonyl (C=O) groups is 2. The Labute approximate surface area is 232 Å². The molecule has 1 amide bonds. The number of pyridine rings is 1. The SMILES string of the molecule is CCC(C)c1ccccc1NC(=O)COC(=O)c1c2c(nc3ccccc13)/C(=C\c1ccc3c(c1)OCO3)CC2. The van der Waals surface area contributed by atoms with Crippen LogP contribution in [0.2, 0.25) is 0 Å². The monoisotopic (exact) mass is 534 g/mol. The molecule has 0 bridgehead atoms. The minimum absolute atomic E-state index is 0.222. The molecule has 3 aromatic carbocycles. The first kappa shape index (κ1) is 25.6. The number of rotatable bonds is 7. The molecule has 0 saturated heterocycles. The van der Waals surface area contributed by atoms with E-state index in [0.29, 0.717) is 29.2 Å². The van der Waals surface area contributed by atoms with Crippen molar-refractivity contribution in [2.75, 3.05) is 18.7 Å². The van der Waals surface area contributed by atoms with Gasteiger partial charge in [-0.05, 0) is 77.8 Å². The fraction of sp³-hybridized carbons (Fsp3) is 0.242. The van der Waals surface area contributed by atoms with Crippen molar-refractivity contribution >= 4 is 40.1 Å². The van der Waals surface area contributed by atoms with Crippen molar-refractivity contribution in [2.24, 2.45) is 0 Å². The number of fused-ring (bicyclic) bond motifs is 3. The molecule has 1 unspecified atom stereocenters. The normalized spacial score (nSPS) is 15.2. The van der Waals surface area contributed by atoms with E-state index in [1.807, 2.05) is 66.7 Å². The standard InChI is InChI=1S/C33H30N2O5/c1-3-20(2)23-8-4-6-10-26(23)34-30(36)18-38-33(37)31-24-9-5-7-11-27(24)35-32-22(13-14-25(31)32)16-21-12-15-28-29(17-21)40-19-39-28/h4-12,15-17,20H,3,13-14,18-19H2,1-2H3,(H,34,36)/b22-16-. The van der Waals surface area contributed by atoms with Crippen LogP contribution in [0.25, 0.3) is 22.6 Å². The average molecular weight is 535 g/mol. The van der Waals surface area contributed by atoms with Crippen LogP contribution in [-0.4, -0.2) is 30.3 Å². The fourth-order valence-corrected chi connectivity index (χ4v) is 5.37. The summed E-state index contributed by atoms with van der Waals surface area (Å²) in [6.07, 6.45) is 4.42. The maximum atomic E-state index is 13.5. The number of ether oxygens (including phenoxy) is 3. The lowest BCUT2D eigenvalue weighted by Gasteiger charge is -2.16. The Hall–Kier alpha value is -4.65. The number of aromatic nitrogens is 1. The minimum Gasteiger partial charge on any atom is -0.454 e. The van der Waals surface area contributed by atoms with Gasteiger partial charge in [0.25, 0.3) is 5.91 Å². The van der Waals surface area contributed by atoms with Gasteiger partial charge in [0.05, 0.1) is 16.8 Å². The summed E-state index contributed by atoms with van der Waals surface area (Å²) < 4.78 is 16.6. The van der Waals surface area contributed by atoms with Crippen molar-refractivity contribution in [3.05, 3.63) is 94.7 Å². The van der Waals surface area contributed by atoms with Crippen LogP contribution in [-0.2, 0) is 16.0 Å². The van der Waals surface area contributed by atoms with Gasteiger partial charge in [-0.25, -0.2) is 9.78 Å². The largest absolute Gasteiger partial charge is 0.454 e. The quantitative estimate of drug-likeness (QED) is 0.264. The predicted molar refractivity (Wildman–Crippen MR) is 155 cm³/mol. The average Bonchev–Trinajstić information content (AvgIpc) is 3.61. The van der Waals surface area contributed by atoms with Crippen LogP contribution >= 0.6 is 0 Å². The number of esters is 1.